The molecule has 0 aromatic carbocycles. The number of H-pyrrole nitrogens is 1. The molecule has 2 N–H and O–H groups in total. The van der Waals surface area contributed by atoms with Gasteiger partial charge in [0.2, 0.25) is 0 Å². The molecule has 28 heavy (non-hydrogen) atoms. The van der Waals surface area contributed by atoms with Crippen molar-refractivity contribution in [1.82, 2.24) is 30.0 Å². The summed E-state index contributed by atoms with van der Waals surface area (Å²) in [4.78, 5) is 22.5. The number of hydrogen-bond donors (Lipinski definition) is 2. The van der Waals surface area contributed by atoms with Gasteiger partial charge in [-0.2, -0.15) is 5.10 Å². The second-order valence-electron chi connectivity index (χ2n) is 7.25. The number of nitrogens with one attached hydrogen (secondary N) is 2. The Labute approximate surface area is 164 Å². The van der Waals surface area contributed by atoms with Crippen molar-refractivity contribution in [2.75, 3.05) is 6.54 Å². The van der Waals surface area contributed by atoms with Gasteiger partial charge in [0.15, 0.2) is 0 Å². The lowest BCUT2D eigenvalue weighted by Gasteiger charge is -2.30. The van der Waals surface area contributed by atoms with Gasteiger partial charge in [0.1, 0.15) is 5.69 Å². The summed E-state index contributed by atoms with van der Waals surface area (Å²) >= 11 is 0. The minimum absolute atomic E-state index is 0.000315. The number of aromatic amines is 1. The maximum absolute atomic E-state index is 13.1. The molecular formula is C21H26N6O. The summed E-state index contributed by atoms with van der Waals surface area (Å²) < 4.78 is 1.82. The van der Waals surface area contributed by atoms with Gasteiger partial charge in [-0.1, -0.05) is 6.08 Å². The van der Waals surface area contributed by atoms with Gasteiger partial charge in [-0.3, -0.25) is 14.5 Å². The topological polar surface area (TPSA) is 78.8 Å². The standard InChI is InChI=1S/C21H26N6O/c1-3-27(21(28)20-11-19-18(25-20)8-5-9-22-19)17-7-4-6-16(10-17)23-12-15-13-24-26(2)14-15/h5,7-9,11,13-14,16,23,25H,3-4,6,10,12H2,1-2H3. The van der Waals surface area contributed by atoms with Crippen LogP contribution in [0.5, 0.6) is 0 Å². The van der Waals surface area contributed by atoms with Crippen molar-refractivity contribution in [3.05, 3.63) is 59.8 Å². The summed E-state index contributed by atoms with van der Waals surface area (Å²) in [6.07, 6.45) is 10.7. The number of nitrogens with zero attached hydrogens (tertiary/aromatic N) is 4. The lowest BCUT2D eigenvalue weighted by atomic mass is 9.97. The molecule has 0 saturated heterocycles. The molecule has 0 fully saturated rings. The summed E-state index contributed by atoms with van der Waals surface area (Å²) in [6.45, 7) is 3.45. The van der Waals surface area contributed by atoms with Gasteiger partial charge in [-0.15, -0.1) is 0 Å². The summed E-state index contributed by atoms with van der Waals surface area (Å²) in [7, 11) is 1.93. The van der Waals surface area contributed by atoms with Crippen molar-refractivity contribution >= 4 is 16.9 Å². The Balaban J connectivity index is 1.44. The van der Waals surface area contributed by atoms with E-state index in [-0.39, 0.29) is 5.91 Å². The van der Waals surface area contributed by atoms with Crippen LogP contribution in [-0.2, 0) is 13.6 Å². The zero-order chi connectivity index (χ0) is 19.5. The Kier molecular flexibility index (Phi) is 5.25. The first-order chi connectivity index (χ1) is 13.6. The summed E-state index contributed by atoms with van der Waals surface area (Å²) in [5, 5.41) is 7.83. The molecule has 0 saturated carbocycles. The van der Waals surface area contributed by atoms with Crippen LogP contribution in [0.25, 0.3) is 11.0 Å². The molecule has 1 aliphatic rings. The molecule has 1 unspecified atom stereocenters. The quantitative estimate of drug-likeness (QED) is 0.691. The lowest BCUT2D eigenvalue weighted by Crippen LogP contribution is -2.37. The Bertz CT molecular complexity index is 968. The Morgan fingerprint density at radius 1 is 1.46 bits per heavy atom. The molecule has 0 bridgehead atoms. The molecule has 1 atom stereocenters. The molecule has 146 valence electrons. The number of carbonyl (C=O) groups is 1. The highest BCUT2D eigenvalue weighted by molar-refractivity contribution is 5.98. The molecule has 3 heterocycles. The van der Waals surface area contributed by atoms with Gasteiger partial charge in [-0.25, -0.2) is 0 Å². The minimum Gasteiger partial charge on any atom is -0.349 e. The number of allylic oxidation sites excluding steroid dienone is 1. The highest BCUT2D eigenvalue weighted by atomic mass is 16.2. The van der Waals surface area contributed by atoms with E-state index in [1.54, 1.807) is 6.20 Å². The van der Waals surface area contributed by atoms with Crippen molar-refractivity contribution in [1.29, 1.82) is 0 Å². The lowest BCUT2D eigenvalue weighted by molar-refractivity contribution is 0.0797. The second kappa shape index (κ2) is 7.98. The molecule has 0 aliphatic heterocycles. The average molecular weight is 378 g/mol. The van der Waals surface area contributed by atoms with Crippen LogP contribution in [0, 0.1) is 0 Å². The zero-order valence-corrected chi connectivity index (χ0v) is 16.4. The van der Waals surface area contributed by atoms with Crippen LogP contribution in [0.2, 0.25) is 0 Å². The van der Waals surface area contributed by atoms with Gasteiger partial charge < -0.3 is 15.2 Å². The van der Waals surface area contributed by atoms with Gasteiger partial charge in [0, 0.05) is 56.3 Å². The molecule has 7 nitrogen and oxygen atoms in total. The predicted molar refractivity (Wildman–Crippen MR) is 109 cm³/mol. The maximum atomic E-state index is 13.1. The fraction of sp³-hybridized carbons (Fsp3) is 0.381. The third kappa shape index (κ3) is 3.84. The van der Waals surface area contributed by atoms with Crippen LogP contribution < -0.4 is 5.32 Å². The molecule has 3 aromatic rings. The largest absolute Gasteiger partial charge is 0.349 e. The van der Waals surface area contributed by atoms with Crippen LogP contribution in [0.4, 0.5) is 0 Å². The number of carbonyl (C=O) groups excluding carboxylic acids is 1. The van der Waals surface area contributed by atoms with E-state index < -0.39 is 0 Å². The van der Waals surface area contributed by atoms with Crippen molar-refractivity contribution in [2.45, 2.75) is 38.8 Å². The monoisotopic (exact) mass is 378 g/mol. The fourth-order valence-corrected chi connectivity index (χ4v) is 3.80. The summed E-state index contributed by atoms with van der Waals surface area (Å²) in [6, 6.07) is 5.99. The number of rotatable bonds is 6. The molecule has 7 heteroatoms. The Morgan fingerprint density at radius 2 is 2.36 bits per heavy atom. The molecule has 1 amide bonds. The van der Waals surface area contributed by atoms with Gasteiger partial charge >= 0.3 is 0 Å². The minimum atomic E-state index is -0.000315. The number of pyridine rings is 1. The van der Waals surface area contributed by atoms with Gasteiger partial charge in [-0.05, 0) is 38.0 Å². The average Bonchev–Trinajstić information content (AvgIpc) is 3.33. The number of fused-ring (bicyclic) bond motifs is 1. The first kappa shape index (κ1) is 18.4. The smallest absolute Gasteiger partial charge is 0.274 e. The normalized spacial score (nSPS) is 16.9. The molecule has 3 aromatic heterocycles. The highest BCUT2D eigenvalue weighted by Gasteiger charge is 2.24. The van der Waals surface area contributed by atoms with E-state index in [9.17, 15) is 4.79 Å². The van der Waals surface area contributed by atoms with Crippen molar-refractivity contribution in [2.24, 2.45) is 7.05 Å². The maximum Gasteiger partial charge on any atom is 0.274 e. The number of amides is 1. The first-order valence-corrected chi connectivity index (χ1v) is 9.79. The third-order valence-electron chi connectivity index (χ3n) is 5.23. The number of hydrogen-bond acceptors (Lipinski definition) is 4. The second-order valence-corrected chi connectivity index (χ2v) is 7.25. The third-order valence-corrected chi connectivity index (χ3v) is 5.23. The Hall–Kier alpha value is -2.93. The van der Waals surface area contributed by atoms with Crippen LogP contribution in [0.3, 0.4) is 0 Å². The van der Waals surface area contributed by atoms with Crippen LogP contribution in [0.15, 0.2) is 48.6 Å². The van der Waals surface area contributed by atoms with E-state index >= 15 is 0 Å². The zero-order valence-electron chi connectivity index (χ0n) is 16.4. The van der Waals surface area contributed by atoms with E-state index in [0.717, 1.165) is 42.5 Å². The summed E-state index contributed by atoms with van der Waals surface area (Å²) in [5.74, 6) is -0.000315. The molecule has 0 spiro atoms. The molecule has 0 radical (unpaired) electrons. The van der Waals surface area contributed by atoms with E-state index in [1.807, 2.05) is 54.1 Å². The molecule has 1 aliphatic carbocycles. The SMILES string of the molecule is CCN(C(=O)c1cc2ncccc2[nH]1)C1=CCCC(NCc2cnn(C)c2)C1. The van der Waals surface area contributed by atoms with Gasteiger partial charge in [0.05, 0.1) is 17.2 Å². The number of aryl methyl sites for hydroxylation is 1. The predicted octanol–water partition coefficient (Wildman–Crippen LogP) is 2.98. The van der Waals surface area contributed by atoms with Crippen molar-refractivity contribution in [3.8, 4) is 0 Å². The van der Waals surface area contributed by atoms with Crippen LogP contribution in [-0.4, -0.2) is 43.1 Å². The highest BCUT2D eigenvalue weighted by Crippen LogP contribution is 2.24. The fourth-order valence-electron chi connectivity index (χ4n) is 3.80. The van der Waals surface area contributed by atoms with Crippen molar-refractivity contribution < 1.29 is 4.79 Å². The van der Waals surface area contributed by atoms with E-state index in [4.69, 9.17) is 0 Å². The molecular weight excluding hydrogens is 352 g/mol. The number of aromatic nitrogens is 4. The van der Waals surface area contributed by atoms with E-state index in [1.165, 1.54) is 5.56 Å². The van der Waals surface area contributed by atoms with E-state index in [2.05, 4.69) is 26.5 Å². The van der Waals surface area contributed by atoms with Crippen molar-refractivity contribution in [3.63, 3.8) is 0 Å². The Morgan fingerprint density at radius 3 is 3.11 bits per heavy atom. The van der Waals surface area contributed by atoms with Crippen LogP contribution in [0.1, 0.15) is 42.2 Å². The van der Waals surface area contributed by atoms with Gasteiger partial charge in [0.25, 0.3) is 5.91 Å². The summed E-state index contributed by atoms with van der Waals surface area (Å²) in [5.41, 5.74) is 4.55. The molecule has 4 rings (SSSR count). The van der Waals surface area contributed by atoms with Crippen LogP contribution >= 0.6 is 0 Å². The van der Waals surface area contributed by atoms with E-state index in [0.29, 0.717) is 18.3 Å². The first-order valence-electron chi connectivity index (χ1n) is 9.79.